The van der Waals surface area contributed by atoms with Crippen LogP contribution < -0.4 is 15.5 Å². The molecule has 2 fully saturated rings. The lowest BCUT2D eigenvalue weighted by molar-refractivity contribution is 0.415. The number of anilines is 2. The molecule has 0 unspecified atom stereocenters. The van der Waals surface area contributed by atoms with Crippen LogP contribution in [0.2, 0.25) is 0 Å². The van der Waals surface area contributed by atoms with Crippen molar-refractivity contribution in [2.24, 2.45) is 0 Å². The first-order chi connectivity index (χ1) is 11.3. The van der Waals surface area contributed by atoms with Crippen LogP contribution in [0.15, 0.2) is 24.3 Å². The quantitative estimate of drug-likeness (QED) is 0.786. The average Bonchev–Trinajstić information content (AvgIpc) is 2.86. The standard InChI is InChI=1S/C19H29N3S/c23-19(20-16-8-4-3-5-9-16)21-17-10-12-18(13-11-17)22-14-6-1-2-7-15-22/h10-13,16H,1-9,14-15H2,(H2,20,21,23). The van der Waals surface area contributed by atoms with Gasteiger partial charge in [-0.25, -0.2) is 0 Å². The molecular weight excluding hydrogens is 302 g/mol. The Morgan fingerprint density at radius 2 is 1.48 bits per heavy atom. The van der Waals surface area contributed by atoms with Crippen LogP contribution in [-0.4, -0.2) is 24.2 Å². The lowest BCUT2D eigenvalue weighted by atomic mass is 9.96. The molecule has 1 aliphatic carbocycles. The fraction of sp³-hybridized carbons (Fsp3) is 0.632. The molecule has 23 heavy (non-hydrogen) atoms. The van der Waals surface area contributed by atoms with Crippen molar-refractivity contribution < 1.29 is 0 Å². The maximum absolute atomic E-state index is 5.46. The van der Waals surface area contributed by atoms with Crippen molar-refractivity contribution in [1.82, 2.24) is 5.32 Å². The summed E-state index contributed by atoms with van der Waals surface area (Å²) in [5, 5.41) is 7.56. The van der Waals surface area contributed by atoms with Crippen LogP contribution in [0.1, 0.15) is 57.8 Å². The van der Waals surface area contributed by atoms with E-state index in [9.17, 15) is 0 Å². The van der Waals surface area contributed by atoms with Gasteiger partial charge in [0, 0.05) is 30.5 Å². The second kappa shape index (κ2) is 8.53. The van der Waals surface area contributed by atoms with E-state index in [1.807, 2.05) is 0 Å². The van der Waals surface area contributed by atoms with Gasteiger partial charge in [0.25, 0.3) is 0 Å². The van der Waals surface area contributed by atoms with E-state index in [2.05, 4.69) is 39.8 Å². The van der Waals surface area contributed by atoms with Crippen LogP contribution in [0.3, 0.4) is 0 Å². The maximum Gasteiger partial charge on any atom is 0.170 e. The van der Waals surface area contributed by atoms with Gasteiger partial charge in [-0.1, -0.05) is 32.1 Å². The Balaban J connectivity index is 1.51. The zero-order valence-corrected chi connectivity index (χ0v) is 14.8. The van der Waals surface area contributed by atoms with Gasteiger partial charge < -0.3 is 15.5 Å². The number of hydrogen-bond acceptors (Lipinski definition) is 2. The first kappa shape index (κ1) is 16.6. The Hall–Kier alpha value is -1.29. The molecule has 0 amide bonds. The van der Waals surface area contributed by atoms with E-state index in [1.54, 1.807) is 0 Å². The van der Waals surface area contributed by atoms with Gasteiger partial charge in [0.15, 0.2) is 5.11 Å². The van der Waals surface area contributed by atoms with Crippen LogP contribution in [0.4, 0.5) is 11.4 Å². The Labute approximate surface area is 145 Å². The Kier molecular flexibility index (Phi) is 6.14. The molecule has 126 valence electrons. The molecule has 0 bridgehead atoms. The van der Waals surface area contributed by atoms with Crippen molar-refractivity contribution in [3.05, 3.63) is 24.3 Å². The predicted molar refractivity (Wildman–Crippen MR) is 103 cm³/mol. The highest BCUT2D eigenvalue weighted by Crippen LogP contribution is 2.22. The third-order valence-corrected chi connectivity index (χ3v) is 5.26. The number of nitrogens with zero attached hydrogens (tertiary/aromatic N) is 1. The van der Waals surface area contributed by atoms with Crippen molar-refractivity contribution in [1.29, 1.82) is 0 Å². The summed E-state index contributed by atoms with van der Waals surface area (Å²) in [5.74, 6) is 0. The largest absolute Gasteiger partial charge is 0.372 e. The molecule has 1 saturated heterocycles. The van der Waals surface area contributed by atoms with E-state index < -0.39 is 0 Å². The smallest absolute Gasteiger partial charge is 0.170 e. The molecule has 1 aliphatic heterocycles. The van der Waals surface area contributed by atoms with Crippen molar-refractivity contribution in [3.8, 4) is 0 Å². The molecule has 0 atom stereocenters. The number of thiocarbonyl (C=S) groups is 1. The van der Waals surface area contributed by atoms with Crippen molar-refractivity contribution in [3.63, 3.8) is 0 Å². The second-order valence-corrected chi connectivity index (χ2v) is 7.29. The third kappa shape index (κ3) is 5.10. The second-order valence-electron chi connectivity index (χ2n) is 6.88. The van der Waals surface area contributed by atoms with Gasteiger partial charge in [-0.3, -0.25) is 0 Å². The summed E-state index contributed by atoms with van der Waals surface area (Å²) in [7, 11) is 0. The van der Waals surface area contributed by atoms with Crippen molar-refractivity contribution in [2.75, 3.05) is 23.3 Å². The summed E-state index contributed by atoms with van der Waals surface area (Å²) in [6, 6.07) is 9.29. The Bertz CT molecular complexity index is 486. The highest BCUT2D eigenvalue weighted by atomic mass is 32.1. The molecule has 3 rings (SSSR count). The first-order valence-electron chi connectivity index (χ1n) is 9.24. The van der Waals surface area contributed by atoms with E-state index in [-0.39, 0.29) is 0 Å². The summed E-state index contributed by atoms with van der Waals surface area (Å²) < 4.78 is 0. The van der Waals surface area contributed by atoms with Crippen molar-refractivity contribution >= 4 is 28.7 Å². The minimum absolute atomic E-state index is 0.556. The molecule has 1 saturated carbocycles. The van der Waals surface area contributed by atoms with Crippen LogP contribution in [0.5, 0.6) is 0 Å². The summed E-state index contributed by atoms with van der Waals surface area (Å²) in [6.07, 6.45) is 11.9. The van der Waals surface area contributed by atoms with Gasteiger partial charge >= 0.3 is 0 Å². The molecule has 0 aromatic heterocycles. The number of nitrogens with one attached hydrogen (secondary N) is 2. The van der Waals surface area contributed by atoms with Gasteiger partial charge in [-0.05, 0) is 62.2 Å². The fourth-order valence-corrected chi connectivity index (χ4v) is 3.97. The normalized spacial score (nSPS) is 19.9. The number of rotatable bonds is 3. The lowest BCUT2D eigenvalue weighted by Gasteiger charge is -2.25. The van der Waals surface area contributed by atoms with Crippen LogP contribution in [0.25, 0.3) is 0 Å². The van der Waals surface area contributed by atoms with Gasteiger partial charge in [0.2, 0.25) is 0 Å². The van der Waals surface area contributed by atoms with Crippen LogP contribution in [-0.2, 0) is 0 Å². The van der Waals surface area contributed by atoms with Crippen molar-refractivity contribution in [2.45, 2.75) is 63.8 Å². The minimum atomic E-state index is 0.556. The molecule has 2 aliphatic rings. The molecule has 1 aromatic carbocycles. The lowest BCUT2D eigenvalue weighted by Crippen LogP contribution is -2.38. The summed E-state index contributed by atoms with van der Waals surface area (Å²) in [4.78, 5) is 2.51. The molecule has 4 heteroatoms. The van der Waals surface area contributed by atoms with E-state index in [1.165, 1.54) is 76.6 Å². The highest BCUT2D eigenvalue weighted by molar-refractivity contribution is 7.80. The summed E-state index contributed by atoms with van der Waals surface area (Å²) >= 11 is 5.46. The monoisotopic (exact) mass is 331 g/mol. The van der Waals surface area contributed by atoms with E-state index in [0.717, 1.165) is 10.8 Å². The summed E-state index contributed by atoms with van der Waals surface area (Å²) in [5.41, 5.74) is 2.42. The summed E-state index contributed by atoms with van der Waals surface area (Å²) in [6.45, 7) is 2.38. The topological polar surface area (TPSA) is 27.3 Å². The fourth-order valence-electron chi connectivity index (χ4n) is 3.68. The van der Waals surface area contributed by atoms with E-state index >= 15 is 0 Å². The minimum Gasteiger partial charge on any atom is -0.372 e. The zero-order chi connectivity index (χ0) is 15.9. The molecule has 3 nitrogen and oxygen atoms in total. The molecule has 0 radical (unpaired) electrons. The van der Waals surface area contributed by atoms with Crippen LogP contribution >= 0.6 is 12.2 Å². The van der Waals surface area contributed by atoms with Gasteiger partial charge in [-0.2, -0.15) is 0 Å². The van der Waals surface area contributed by atoms with Gasteiger partial charge in [0.1, 0.15) is 0 Å². The highest BCUT2D eigenvalue weighted by Gasteiger charge is 2.14. The molecule has 0 spiro atoms. The zero-order valence-electron chi connectivity index (χ0n) is 14.0. The molecule has 2 N–H and O–H groups in total. The van der Waals surface area contributed by atoms with Crippen LogP contribution in [0, 0.1) is 0 Å². The average molecular weight is 332 g/mol. The Morgan fingerprint density at radius 1 is 0.870 bits per heavy atom. The molecule has 1 aromatic rings. The first-order valence-corrected chi connectivity index (χ1v) is 9.64. The number of hydrogen-bond donors (Lipinski definition) is 2. The van der Waals surface area contributed by atoms with Gasteiger partial charge in [0.05, 0.1) is 0 Å². The van der Waals surface area contributed by atoms with E-state index in [4.69, 9.17) is 12.2 Å². The van der Waals surface area contributed by atoms with Gasteiger partial charge in [-0.15, -0.1) is 0 Å². The predicted octanol–water partition coefficient (Wildman–Crippen LogP) is 4.69. The maximum atomic E-state index is 5.46. The third-order valence-electron chi connectivity index (χ3n) is 5.04. The Morgan fingerprint density at radius 3 is 2.13 bits per heavy atom. The number of benzene rings is 1. The molecule has 1 heterocycles. The molecular formula is C19H29N3S. The SMILES string of the molecule is S=C(Nc1ccc(N2CCCCCC2)cc1)NC1CCCCC1. The van der Waals surface area contributed by atoms with E-state index in [0.29, 0.717) is 6.04 Å².